The van der Waals surface area contributed by atoms with Crippen LogP contribution in [0.5, 0.6) is 0 Å². The highest BCUT2D eigenvalue weighted by Gasteiger charge is 2.26. The fourth-order valence-corrected chi connectivity index (χ4v) is 2.65. The SMILES string of the molecule is CSCC1CCN(C(=O)OC(C)(C)C)CC1. The lowest BCUT2D eigenvalue weighted by molar-refractivity contribution is 0.0191. The lowest BCUT2D eigenvalue weighted by Crippen LogP contribution is -2.42. The van der Waals surface area contributed by atoms with E-state index in [9.17, 15) is 4.79 Å². The van der Waals surface area contributed by atoms with Crippen molar-refractivity contribution in [1.29, 1.82) is 0 Å². The summed E-state index contributed by atoms with van der Waals surface area (Å²) in [4.78, 5) is 13.6. The minimum Gasteiger partial charge on any atom is -0.444 e. The number of nitrogens with zero attached hydrogens (tertiary/aromatic N) is 1. The van der Waals surface area contributed by atoms with Crippen molar-refractivity contribution in [2.24, 2.45) is 5.92 Å². The van der Waals surface area contributed by atoms with Crippen LogP contribution in [0.25, 0.3) is 0 Å². The first-order valence-electron chi connectivity index (χ1n) is 5.89. The summed E-state index contributed by atoms with van der Waals surface area (Å²) in [5.41, 5.74) is -0.382. The highest BCUT2D eigenvalue weighted by molar-refractivity contribution is 7.98. The predicted octanol–water partition coefficient (Wildman–Crippen LogP) is 3.00. The summed E-state index contributed by atoms with van der Waals surface area (Å²) in [6.45, 7) is 7.42. The average molecular weight is 245 g/mol. The molecule has 1 rings (SSSR count). The molecule has 0 aliphatic carbocycles. The van der Waals surface area contributed by atoms with Crippen LogP contribution < -0.4 is 0 Å². The Morgan fingerprint density at radius 2 is 1.94 bits per heavy atom. The van der Waals surface area contributed by atoms with Crippen molar-refractivity contribution in [1.82, 2.24) is 4.90 Å². The Morgan fingerprint density at radius 3 is 2.38 bits per heavy atom. The normalized spacial score (nSPS) is 18.6. The Hall–Kier alpha value is -0.380. The van der Waals surface area contributed by atoms with Crippen LogP contribution in [0.3, 0.4) is 0 Å². The molecule has 4 heteroatoms. The van der Waals surface area contributed by atoms with Gasteiger partial charge in [-0.1, -0.05) is 0 Å². The third-order valence-corrected chi connectivity index (χ3v) is 3.47. The number of likely N-dealkylation sites (tertiary alicyclic amines) is 1. The number of carbonyl (C=O) groups is 1. The van der Waals surface area contributed by atoms with Crippen molar-refractivity contribution in [3.8, 4) is 0 Å². The van der Waals surface area contributed by atoms with Crippen LogP contribution in [0.1, 0.15) is 33.6 Å². The molecule has 3 nitrogen and oxygen atoms in total. The molecule has 1 aliphatic rings. The molecule has 0 saturated carbocycles. The van der Waals surface area contributed by atoms with E-state index >= 15 is 0 Å². The second-order valence-corrected chi connectivity index (χ2v) is 6.28. The molecule has 1 heterocycles. The zero-order valence-electron chi connectivity index (χ0n) is 10.8. The van der Waals surface area contributed by atoms with E-state index in [2.05, 4.69) is 6.26 Å². The zero-order valence-corrected chi connectivity index (χ0v) is 11.6. The molecule has 0 unspecified atom stereocenters. The van der Waals surface area contributed by atoms with Crippen molar-refractivity contribution in [2.45, 2.75) is 39.2 Å². The first-order valence-corrected chi connectivity index (χ1v) is 7.28. The second kappa shape index (κ2) is 5.80. The summed E-state index contributed by atoms with van der Waals surface area (Å²) >= 11 is 1.89. The van der Waals surface area contributed by atoms with Crippen LogP contribution in [-0.4, -0.2) is 41.7 Å². The molecule has 1 saturated heterocycles. The van der Waals surface area contributed by atoms with E-state index in [-0.39, 0.29) is 11.7 Å². The minimum atomic E-state index is -0.382. The summed E-state index contributed by atoms with van der Waals surface area (Å²) < 4.78 is 5.35. The van der Waals surface area contributed by atoms with Gasteiger partial charge in [0.15, 0.2) is 0 Å². The minimum absolute atomic E-state index is 0.157. The van der Waals surface area contributed by atoms with Crippen molar-refractivity contribution in [3.05, 3.63) is 0 Å². The maximum atomic E-state index is 11.8. The van der Waals surface area contributed by atoms with Gasteiger partial charge in [0.1, 0.15) is 5.60 Å². The van der Waals surface area contributed by atoms with Gasteiger partial charge in [-0.3, -0.25) is 0 Å². The largest absolute Gasteiger partial charge is 0.444 e. The van der Waals surface area contributed by atoms with E-state index in [0.717, 1.165) is 31.8 Å². The molecule has 16 heavy (non-hydrogen) atoms. The summed E-state index contributed by atoms with van der Waals surface area (Å²) in [6, 6.07) is 0. The molecule has 0 atom stereocenters. The van der Waals surface area contributed by atoms with E-state index in [4.69, 9.17) is 4.74 Å². The molecule has 1 fully saturated rings. The van der Waals surface area contributed by atoms with Crippen LogP contribution in [0.2, 0.25) is 0 Å². The van der Waals surface area contributed by atoms with Gasteiger partial charge < -0.3 is 9.64 Å². The Kier molecular flexibility index (Phi) is 4.96. The van der Waals surface area contributed by atoms with Crippen LogP contribution in [-0.2, 0) is 4.74 Å². The van der Waals surface area contributed by atoms with Crippen molar-refractivity contribution >= 4 is 17.9 Å². The number of piperidine rings is 1. The summed E-state index contributed by atoms with van der Waals surface area (Å²) in [7, 11) is 0. The molecule has 0 aromatic heterocycles. The maximum Gasteiger partial charge on any atom is 0.410 e. The first-order chi connectivity index (χ1) is 7.42. The molecule has 0 N–H and O–H groups in total. The van der Waals surface area contributed by atoms with E-state index in [1.165, 1.54) is 5.75 Å². The number of hydrogen-bond donors (Lipinski definition) is 0. The number of carbonyl (C=O) groups excluding carboxylic acids is 1. The predicted molar refractivity (Wildman–Crippen MR) is 68.9 cm³/mol. The van der Waals surface area contributed by atoms with Gasteiger partial charge in [-0.05, 0) is 51.5 Å². The van der Waals surface area contributed by atoms with Gasteiger partial charge in [0.25, 0.3) is 0 Å². The monoisotopic (exact) mass is 245 g/mol. The van der Waals surface area contributed by atoms with Gasteiger partial charge in [-0.2, -0.15) is 11.8 Å². The van der Waals surface area contributed by atoms with Crippen LogP contribution in [0, 0.1) is 5.92 Å². The van der Waals surface area contributed by atoms with E-state index in [0.29, 0.717) is 0 Å². The first kappa shape index (κ1) is 13.7. The van der Waals surface area contributed by atoms with Crippen molar-refractivity contribution < 1.29 is 9.53 Å². The van der Waals surface area contributed by atoms with Crippen LogP contribution in [0.4, 0.5) is 4.79 Å². The molecule has 0 aromatic carbocycles. The maximum absolute atomic E-state index is 11.8. The third kappa shape index (κ3) is 4.64. The molecule has 1 amide bonds. The molecule has 0 bridgehead atoms. The van der Waals surface area contributed by atoms with E-state index in [1.807, 2.05) is 37.4 Å². The van der Waals surface area contributed by atoms with Crippen molar-refractivity contribution in [3.63, 3.8) is 0 Å². The Labute approximate surface area is 103 Å². The molecular formula is C12H23NO2S. The summed E-state index contributed by atoms with van der Waals surface area (Å²) in [5, 5.41) is 0. The van der Waals surface area contributed by atoms with E-state index in [1.54, 1.807) is 0 Å². The van der Waals surface area contributed by atoms with Gasteiger partial charge >= 0.3 is 6.09 Å². The lowest BCUT2D eigenvalue weighted by Gasteiger charge is -2.33. The molecular weight excluding hydrogens is 222 g/mol. The van der Waals surface area contributed by atoms with Crippen molar-refractivity contribution in [2.75, 3.05) is 25.1 Å². The fraction of sp³-hybridized carbons (Fsp3) is 0.917. The number of rotatable bonds is 2. The summed E-state index contributed by atoms with van der Waals surface area (Å²) in [6.07, 6.45) is 4.20. The quantitative estimate of drug-likeness (QED) is 0.749. The lowest BCUT2D eigenvalue weighted by atomic mass is 9.99. The molecule has 0 spiro atoms. The van der Waals surface area contributed by atoms with Crippen LogP contribution in [0.15, 0.2) is 0 Å². The van der Waals surface area contributed by atoms with E-state index < -0.39 is 0 Å². The molecule has 0 radical (unpaired) electrons. The van der Waals surface area contributed by atoms with Gasteiger partial charge in [-0.15, -0.1) is 0 Å². The number of amides is 1. The van der Waals surface area contributed by atoms with Gasteiger partial charge in [0.05, 0.1) is 0 Å². The van der Waals surface area contributed by atoms with Gasteiger partial charge in [0, 0.05) is 13.1 Å². The fourth-order valence-electron chi connectivity index (χ4n) is 1.84. The highest BCUT2D eigenvalue weighted by Crippen LogP contribution is 2.21. The molecule has 0 aromatic rings. The van der Waals surface area contributed by atoms with Crippen LogP contribution >= 0.6 is 11.8 Å². The van der Waals surface area contributed by atoms with Gasteiger partial charge in [0.2, 0.25) is 0 Å². The molecule has 1 aliphatic heterocycles. The topological polar surface area (TPSA) is 29.5 Å². The highest BCUT2D eigenvalue weighted by atomic mass is 32.2. The number of hydrogen-bond acceptors (Lipinski definition) is 3. The number of thioether (sulfide) groups is 1. The summed E-state index contributed by atoms with van der Waals surface area (Å²) in [5.74, 6) is 1.98. The smallest absolute Gasteiger partial charge is 0.410 e. The molecule has 94 valence electrons. The standard InChI is InChI=1S/C12H23NO2S/c1-12(2,3)15-11(14)13-7-5-10(6-8-13)9-16-4/h10H,5-9H2,1-4H3. The average Bonchev–Trinajstić information content (AvgIpc) is 2.16. The van der Waals surface area contributed by atoms with Gasteiger partial charge in [-0.25, -0.2) is 4.79 Å². The zero-order chi connectivity index (χ0) is 12.2. The number of ether oxygens (including phenoxy) is 1. The Bertz CT molecular complexity index is 230. The Morgan fingerprint density at radius 1 is 1.38 bits per heavy atom. The Balaban J connectivity index is 2.33. The third-order valence-electron chi connectivity index (χ3n) is 2.67. The second-order valence-electron chi connectivity index (χ2n) is 5.37.